The molecule has 2 aromatic carbocycles. The van der Waals surface area contributed by atoms with Gasteiger partial charge in [-0.1, -0.05) is 17.7 Å². The zero-order valence-electron chi connectivity index (χ0n) is 14.6. The van der Waals surface area contributed by atoms with Crippen molar-refractivity contribution >= 4 is 17.3 Å². The van der Waals surface area contributed by atoms with Gasteiger partial charge in [-0.15, -0.1) is 0 Å². The van der Waals surface area contributed by atoms with Gasteiger partial charge in [-0.3, -0.25) is 9.69 Å². The summed E-state index contributed by atoms with van der Waals surface area (Å²) in [5.41, 5.74) is 3.60. The van der Waals surface area contributed by atoms with E-state index in [0.717, 1.165) is 56.3 Å². The monoisotopic (exact) mass is 339 g/mol. The maximum Gasteiger partial charge on any atom is 0.255 e. The highest BCUT2D eigenvalue weighted by Crippen LogP contribution is 2.15. The van der Waals surface area contributed by atoms with Crippen LogP contribution in [0.2, 0.25) is 0 Å². The van der Waals surface area contributed by atoms with Gasteiger partial charge >= 0.3 is 0 Å². The van der Waals surface area contributed by atoms with E-state index in [4.69, 9.17) is 4.74 Å². The van der Waals surface area contributed by atoms with Crippen LogP contribution in [-0.2, 0) is 4.74 Å². The summed E-state index contributed by atoms with van der Waals surface area (Å²) in [6.07, 6.45) is 0. The number of hydrogen-bond acceptors (Lipinski definition) is 4. The van der Waals surface area contributed by atoms with E-state index in [1.54, 1.807) is 0 Å². The minimum Gasteiger partial charge on any atom is -0.384 e. The van der Waals surface area contributed by atoms with Crippen LogP contribution < -0.4 is 10.6 Å². The lowest BCUT2D eigenvalue weighted by Gasteiger charge is -2.26. The van der Waals surface area contributed by atoms with E-state index in [2.05, 4.69) is 15.5 Å². The van der Waals surface area contributed by atoms with Crippen molar-refractivity contribution in [3.63, 3.8) is 0 Å². The average Bonchev–Trinajstić information content (AvgIpc) is 2.64. The maximum atomic E-state index is 12.3. The Bertz CT molecular complexity index is 694. The minimum atomic E-state index is -0.0864. The molecule has 0 aromatic heterocycles. The molecule has 1 aliphatic heterocycles. The molecule has 5 heteroatoms. The van der Waals surface area contributed by atoms with Crippen LogP contribution in [0.1, 0.15) is 15.9 Å². The number of nitrogens with one attached hydrogen (secondary N) is 2. The Morgan fingerprint density at radius 2 is 1.80 bits per heavy atom. The summed E-state index contributed by atoms with van der Waals surface area (Å²) in [5, 5.41) is 6.35. The molecule has 132 valence electrons. The van der Waals surface area contributed by atoms with Gasteiger partial charge in [-0.05, 0) is 43.3 Å². The number of anilines is 2. The molecule has 5 nitrogen and oxygen atoms in total. The third-order valence-corrected chi connectivity index (χ3v) is 4.28. The lowest BCUT2D eigenvalue weighted by molar-refractivity contribution is 0.0398. The molecule has 1 amide bonds. The molecule has 0 radical (unpaired) electrons. The van der Waals surface area contributed by atoms with Gasteiger partial charge in [0.05, 0.1) is 13.2 Å². The number of ether oxygens (including phenoxy) is 1. The minimum absolute atomic E-state index is 0.0864. The van der Waals surface area contributed by atoms with Gasteiger partial charge < -0.3 is 15.4 Å². The second-order valence-corrected chi connectivity index (χ2v) is 6.28. The second-order valence-electron chi connectivity index (χ2n) is 6.28. The van der Waals surface area contributed by atoms with Gasteiger partial charge in [0.15, 0.2) is 0 Å². The second kappa shape index (κ2) is 8.65. The van der Waals surface area contributed by atoms with Crippen LogP contribution >= 0.6 is 0 Å². The highest BCUT2D eigenvalue weighted by Gasteiger charge is 2.09. The molecule has 0 saturated carbocycles. The normalized spacial score (nSPS) is 14.9. The molecule has 3 rings (SSSR count). The SMILES string of the molecule is Cc1cccc(C(=O)Nc2ccc(NCCN3CCOCC3)cc2)c1. The van der Waals surface area contributed by atoms with Gasteiger partial charge in [0, 0.05) is 43.1 Å². The summed E-state index contributed by atoms with van der Waals surface area (Å²) < 4.78 is 5.35. The summed E-state index contributed by atoms with van der Waals surface area (Å²) in [4.78, 5) is 14.7. The van der Waals surface area contributed by atoms with E-state index in [0.29, 0.717) is 5.56 Å². The first-order chi connectivity index (χ1) is 12.2. The molecule has 0 spiro atoms. The molecule has 25 heavy (non-hydrogen) atoms. The highest BCUT2D eigenvalue weighted by molar-refractivity contribution is 6.04. The van der Waals surface area contributed by atoms with Gasteiger partial charge in [-0.25, -0.2) is 0 Å². The van der Waals surface area contributed by atoms with Crippen molar-refractivity contribution in [3.8, 4) is 0 Å². The van der Waals surface area contributed by atoms with Crippen molar-refractivity contribution in [2.24, 2.45) is 0 Å². The van der Waals surface area contributed by atoms with E-state index >= 15 is 0 Å². The number of amides is 1. The van der Waals surface area contributed by atoms with Crippen LogP contribution in [0.4, 0.5) is 11.4 Å². The topological polar surface area (TPSA) is 53.6 Å². The number of carbonyl (C=O) groups is 1. The van der Waals surface area contributed by atoms with Crippen LogP contribution in [0.15, 0.2) is 48.5 Å². The van der Waals surface area contributed by atoms with Gasteiger partial charge in [0.1, 0.15) is 0 Å². The molecule has 1 saturated heterocycles. The van der Waals surface area contributed by atoms with Crippen molar-refractivity contribution in [1.29, 1.82) is 0 Å². The molecule has 0 aliphatic carbocycles. The molecule has 2 N–H and O–H groups in total. The Morgan fingerprint density at radius 1 is 1.08 bits per heavy atom. The molecule has 2 aromatic rings. The fraction of sp³-hybridized carbons (Fsp3) is 0.350. The van der Waals surface area contributed by atoms with E-state index in [9.17, 15) is 4.79 Å². The van der Waals surface area contributed by atoms with Crippen molar-refractivity contribution < 1.29 is 9.53 Å². The third-order valence-electron chi connectivity index (χ3n) is 4.28. The Labute approximate surface area is 149 Å². The maximum absolute atomic E-state index is 12.3. The highest BCUT2D eigenvalue weighted by atomic mass is 16.5. The zero-order valence-corrected chi connectivity index (χ0v) is 14.6. The lowest BCUT2D eigenvalue weighted by atomic mass is 10.1. The van der Waals surface area contributed by atoms with Crippen LogP contribution in [0, 0.1) is 6.92 Å². The molecular formula is C20H25N3O2. The van der Waals surface area contributed by atoms with E-state index in [1.807, 2.05) is 55.5 Å². The van der Waals surface area contributed by atoms with Crippen molar-refractivity contribution in [2.75, 3.05) is 50.0 Å². The summed E-state index contributed by atoms with van der Waals surface area (Å²) in [6.45, 7) is 7.56. The Morgan fingerprint density at radius 3 is 2.52 bits per heavy atom. The Kier molecular flexibility index (Phi) is 6.04. The molecule has 1 aliphatic rings. The number of carbonyl (C=O) groups excluding carboxylic acids is 1. The van der Waals surface area contributed by atoms with Crippen molar-refractivity contribution in [2.45, 2.75) is 6.92 Å². The fourth-order valence-electron chi connectivity index (χ4n) is 2.84. The smallest absolute Gasteiger partial charge is 0.255 e. The number of benzene rings is 2. The fourth-order valence-corrected chi connectivity index (χ4v) is 2.84. The first kappa shape index (κ1) is 17.5. The summed E-state index contributed by atoms with van der Waals surface area (Å²) in [6, 6.07) is 15.4. The zero-order chi connectivity index (χ0) is 17.5. The number of aryl methyl sites for hydroxylation is 1. The summed E-state index contributed by atoms with van der Waals surface area (Å²) in [5.74, 6) is -0.0864. The van der Waals surface area contributed by atoms with Gasteiger partial charge in [-0.2, -0.15) is 0 Å². The molecular weight excluding hydrogens is 314 g/mol. The predicted octanol–water partition coefficient (Wildman–Crippen LogP) is 2.99. The van der Waals surface area contributed by atoms with Crippen LogP contribution in [0.5, 0.6) is 0 Å². The summed E-state index contributed by atoms with van der Waals surface area (Å²) >= 11 is 0. The van der Waals surface area contributed by atoms with E-state index in [1.165, 1.54) is 0 Å². The number of rotatable bonds is 6. The predicted molar refractivity (Wildman–Crippen MR) is 101 cm³/mol. The molecule has 0 atom stereocenters. The van der Waals surface area contributed by atoms with Crippen LogP contribution in [0.25, 0.3) is 0 Å². The largest absolute Gasteiger partial charge is 0.384 e. The lowest BCUT2D eigenvalue weighted by Crippen LogP contribution is -2.38. The number of morpholine rings is 1. The molecule has 1 fully saturated rings. The molecule has 0 bridgehead atoms. The number of hydrogen-bond donors (Lipinski definition) is 2. The van der Waals surface area contributed by atoms with Crippen LogP contribution in [-0.4, -0.2) is 50.2 Å². The molecule has 1 heterocycles. The molecule has 0 unspecified atom stereocenters. The standard InChI is InChI=1S/C20H25N3O2/c1-16-3-2-4-17(15-16)20(24)22-19-7-5-18(6-8-19)21-9-10-23-11-13-25-14-12-23/h2-8,15,21H,9-14H2,1H3,(H,22,24). The third kappa shape index (κ3) is 5.31. The van der Waals surface area contributed by atoms with Crippen molar-refractivity contribution in [1.82, 2.24) is 4.90 Å². The van der Waals surface area contributed by atoms with Gasteiger partial charge in [0.25, 0.3) is 5.91 Å². The van der Waals surface area contributed by atoms with Crippen molar-refractivity contribution in [3.05, 3.63) is 59.7 Å². The van der Waals surface area contributed by atoms with E-state index in [-0.39, 0.29) is 5.91 Å². The Hall–Kier alpha value is -2.37. The van der Waals surface area contributed by atoms with Crippen LogP contribution in [0.3, 0.4) is 0 Å². The Balaban J connectivity index is 1.47. The van der Waals surface area contributed by atoms with E-state index < -0.39 is 0 Å². The number of nitrogens with zero attached hydrogens (tertiary/aromatic N) is 1. The quantitative estimate of drug-likeness (QED) is 0.849. The first-order valence-corrected chi connectivity index (χ1v) is 8.73. The summed E-state index contributed by atoms with van der Waals surface area (Å²) in [7, 11) is 0. The van der Waals surface area contributed by atoms with Gasteiger partial charge in [0.2, 0.25) is 0 Å². The average molecular weight is 339 g/mol. The first-order valence-electron chi connectivity index (χ1n) is 8.73.